The van der Waals surface area contributed by atoms with Gasteiger partial charge >= 0.3 is 0 Å². The van der Waals surface area contributed by atoms with Gasteiger partial charge < -0.3 is 5.32 Å². The van der Waals surface area contributed by atoms with Crippen molar-refractivity contribution in [3.63, 3.8) is 0 Å². The molecule has 0 spiro atoms. The van der Waals surface area contributed by atoms with E-state index in [2.05, 4.69) is 21.4 Å². The zero-order valence-corrected chi connectivity index (χ0v) is 17.7. The molecule has 7 heteroatoms. The molecular weight excluding hydrogens is 400 g/mol. The highest BCUT2D eigenvalue weighted by Crippen LogP contribution is 2.44. The van der Waals surface area contributed by atoms with Crippen LogP contribution in [-0.2, 0) is 6.54 Å². The van der Waals surface area contributed by atoms with Crippen LogP contribution in [0.5, 0.6) is 0 Å². The lowest BCUT2D eigenvalue weighted by Gasteiger charge is -2.08. The minimum atomic E-state index is -0.189. The molecule has 5 aromatic rings. The standard InChI is InChI=1S/C25H22N6O/c1-16-6-4-7-18(27-16)15-31-20-9-5-8-19(23(20)24(29-31)17-11-12-17)28-25(32)21-14-26-22-10-2-3-13-30(21)22/h2-10,13-14,17H,11-12,15H2,1H3,(H,28,32). The first-order valence-electron chi connectivity index (χ1n) is 10.8. The fourth-order valence-corrected chi connectivity index (χ4v) is 4.25. The number of fused-ring (bicyclic) bond motifs is 2. The van der Waals surface area contributed by atoms with Crippen LogP contribution >= 0.6 is 0 Å². The Balaban J connectivity index is 1.41. The van der Waals surface area contributed by atoms with Gasteiger partial charge in [-0.3, -0.25) is 18.9 Å². The number of benzene rings is 1. The topological polar surface area (TPSA) is 77.1 Å². The van der Waals surface area contributed by atoms with E-state index in [0.29, 0.717) is 18.2 Å². The second kappa shape index (κ2) is 7.30. The van der Waals surface area contributed by atoms with Crippen molar-refractivity contribution in [3.05, 3.63) is 89.8 Å². The summed E-state index contributed by atoms with van der Waals surface area (Å²) in [5.74, 6) is 0.254. The number of nitrogens with one attached hydrogen (secondary N) is 1. The molecule has 4 heterocycles. The maximum Gasteiger partial charge on any atom is 0.274 e. The Hall–Kier alpha value is -4.00. The number of carbonyl (C=O) groups is 1. The van der Waals surface area contributed by atoms with Crippen LogP contribution in [0.3, 0.4) is 0 Å². The van der Waals surface area contributed by atoms with Gasteiger partial charge in [-0.25, -0.2) is 4.98 Å². The van der Waals surface area contributed by atoms with Crippen molar-refractivity contribution < 1.29 is 4.79 Å². The lowest BCUT2D eigenvalue weighted by molar-refractivity contribution is 0.102. The van der Waals surface area contributed by atoms with Crippen LogP contribution in [0.2, 0.25) is 0 Å². The van der Waals surface area contributed by atoms with Crippen LogP contribution < -0.4 is 5.32 Å². The smallest absolute Gasteiger partial charge is 0.274 e. The first-order valence-corrected chi connectivity index (χ1v) is 10.8. The summed E-state index contributed by atoms with van der Waals surface area (Å²) in [6.07, 6.45) is 5.72. The molecule has 1 aliphatic carbocycles. The first-order chi connectivity index (χ1) is 15.7. The first kappa shape index (κ1) is 18.7. The van der Waals surface area contributed by atoms with Gasteiger partial charge in [0, 0.05) is 23.2 Å². The number of nitrogens with zero attached hydrogens (tertiary/aromatic N) is 5. The zero-order valence-electron chi connectivity index (χ0n) is 17.7. The van der Waals surface area contributed by atoms with E-state index in [0.717, 1.165) is 52.2 Å². The van der Waals surface area contributed by atoms with Gasteiger partial charge in [-0.15, -0.1) is 0 Å². The second-order valence-corrected chi connectivity index (χ2v) is 8.31. The van der Waals surface area contributed by atoms with Crippen LogP contribution in [-0.4, -0.2) is 30.1 Å². The van der Waals surface area contributed by atoms with Crippen molar-refractivity contribution in [2.75, 3.05) is 5.32 Å². The van der Waals surface area contributed by atoms with Gasteiger partial charge in [0.15, 0.2) is 0 Å². The highest BCUT2D eigenvalue weighted by atomic mass is 16.1. The third kappa shape index (κ3) is 3.22. The van der Waals surface area contributed by atoms with E-state index in [-0.39, 0.29) is 5.91 Å². The normalized spacial score (nSPS) is 13.7. The van der Waals surface area contributed by atoms with Gasteiger partial charge in [0.05, 0.1) is 35.3 Å². The van der Waals surface area contributed by atoms with E-state index in [1.807, 2.05) is 66.3 Å². The van der Waals surface area contributed by atoms with E-state index in [1.54, 1.807) is 10.6 Å². The summed E-state index contributed by atoms with van der Waals surface area (Å²) in [6.45, 7) is 2.59. The molecule has 7 nitrogen and oxygen atoms in total. The van der Waals surface area contributed by atoms with E-state index >= 15 is 0 Å². The quantitative estimate of drug-likeness (QED) is 0.450. The molecule has 0 radical (unpaired) electrons. The summed E-state index contributed by atoms with van der Waals surface area (Å²) in [7, 11) is 0. The van der Waals surface area contributed by atoms with Gasteiger partial charge in [-0.05, 0) is 56.2 Å². The zero-order chi connectivity index (χ0) is 21.7. The largest absolute Gasteiger partial charge is 0.320 e. The third-order valence-corrected chi connectivity index (χ3v) is 5.92. The number of imidazole rings is 1. The maximum atomic E-state index is 13.2. The molecule has 0 atom stereocenters. The Kier molecular flexibility index (Phi) is 4.28. The van der Waals surface area contributed by atoms with Gasteiger partial charge in [-0.1, -0.05) is 18.2 Å². The molecule has 0 saturated heterocycles. The van der Waals surface area contributed by atoms with Crippen LogP contribution in [0, 0.1) is 6.92 Å². The summed E-state index contributed by atoms with van der Waals surface area (Å²) in [5.41, 5.74) is 6.05. The predicted octanol–water partition coefficient (Wildman–Crippen LogP) is 4.57. The summed E-state index contributed by atoms with van der Waals surface area (Å²) >= 11 is 0. The number of pyridine rings is 2. The number of hydrogen-bond donors (Lipinski definition) is 1. The summed E-state index contributed by atoms with van der Waals surface area (Å²) in [4.78, 5) is 22.1. The minimum absolute atomic E-state index is 0.189. The third-order valence-electron chi connectivity index (χ3n) is 5.92. The number of rotatable bonds is 5. The molecule has 0 aliphatic heterocycles. The number of aromatic nitrogens is 5. The van der Waals surface area contributed by atoms with Gasteiger partial charge in [0.25, 0.3) is 5.91 Å². The summed E-state index contributed by atoms with van der Waals surface area (Å²) < 4.78 is 3.80. The Labute approximate surface area is 184 Å². The van der Waals surface area contributed by atoms with Gasteiger partial charge in [0.1, 0.15) is 11.3 Å². The molecule has 32 heavy (non-hydrogen) atoms. The number of aryl methyl sites for hydroxylation is 1. The van der Waals surface area contributed by atoms with E-state index in [1.165, 1.54) is 0 Å². The maximum absolute atomic E-state index is 13.2. The molecule has 1 fully saturated rings. The Bertz CT molecular complexity index is 1480. The molecule has 1 aromatic carbocycles. The Morgan fingerprint density at radius 3 is 2.81 bits per heavy atom. The molecule has 1 saturated carbocycles. The minimum Gasteiger partial charge on any atom is -0.320 e. The van der Waals surface area contributed by atoms with E-state index in [9.17, 15) is 4.79 Å². The van der Waals surface area contributed by atoms with Crippen molar-refractivity contribution >= 4 is 28.1 Å². The lowest BCUT2D eigenvalue weighted by Crippen LogP contribution is -2.14. The average Bonchev–Trinajstić information content (AvgIpc) is 3.44. The molecule has 4 aromatic heterocycles. The molecule has 1 aliphatic rings. The lowest BCUT2D eigenvalue weighted by atomic mass is 10.1. The van der Waals surface area contributed by atoms with Crippen LogP contribution in [0.25, 0.3) is 16.6 Å². The van der Waals surface area contributed by atoms with Gasteiger partial charge in [0.2, 0.25) is 0 Å². The molecular formula is C25H22N6O. The molecule has 158 valence electrons. The van der Waals surface area contributed by atoms with Crippen LogP contribution in [0.4, 0.5) is 5.69 Å². The number of amides is 1. The van der Waals surface area contributed by atoms with Crippen molar-refractivity contribution in [2.24, 2.45) is 0 Å². The number of hydrogen-bond acceptors (Lipinski definition) is 4. The predicted molar refractivity (Wildman–Crippen MR) is 123 cm³/mol. The summed E-state index contributed by atoms with van der Waals surface area (Å²) in [5, 5.41) is 9.10. The van der Waals surface area contributed by atoms with E-state index in [4.69, 9.17) is 5.10 Å². The van der Waals surface area contributed by atoms with E-state index < -0.39 is 0 Å². The molecule has 1 amide bonds. The second-order valence-electron chi connectivity index (χ2n) is 8.31. The SMILES string of the molecule is Cc1cccc(Cn2nc(C3CC3)c3c(NC(=O)c4cnc5ccccn45)cccc32)n1. The van der Waals surface area contributed by atoms with Gasteiger partial charge in [-0.2, -0.15) is 5.10 Å². The highest BCUT2D eigenvalue weighted by molar-refractivity contribution is 6.09. The highest BCUT2D eigenvalue weighted by Gasteiger charge is 2.30. The summed E-state index contributed by atoms with van der Waals surface area (Å²) in [6, 6.07) is 17.7. The molecule has 0 unspecified atom stereocenters. The van der Waals surface area contributed by atoms with Crippen molar-refractivity contribution in [2.45, 2.75) is 32.2 Å². The molecule has 0 bridgehead atoms. The average molecular weight is 422 g/mol. The Morgan fingerprint density at radius 1 is 1.09 bits per heavy atom. The van der Waals surface area contributed by atoms with Crippen molar-refractivity contribution in [1.29, 1.82) is 0 Å². The number of carbonyl (C=O) groups excluding carboxylic acids is 1. The monoisotopic (exact) mass is 422 g/mol. The molecule has 6 rings (SSSR count). The fourth-order valence-electron chi connectivity index (χ4n) is 4.25. The van der Waals surface area contributed by atoms with Crippen LogP contribution in [0.1, 0.15) is 46.3 Å². The fraction of sp³-hybridized carbons (Fsp3) is 0.200. The van der Waals surface area contributed by atoms with Crippen LogP contribution in [0.15, 0.2) is 67.0 Å². The Morgan fingerprint density at radius 2 is 1.97 bits per heavy atom. The van der Waals surface area contributed by atoms with Crippen molar-refractivity contribution in [1.82, 2.24) is 24.1 Å². The molecule has 1 N–H and O–H groups in total. The van der Waals surface area contributed by atoms with Crippen molar-refractivity contribution in [3.8, 4) is 0 Å². The number of anilines is 1.